The Balaban J connectivity index is 2.64. The average Bonchev–Trinajstić information content (AvgIpc) is 2.26. The molecule has 0 aliphatic heterocycles. The van der Waals surface area contributed by atoms with Crippen LogP contribution in [0.5, 0.6) is 0 Å². The monoisotopic (exact) mass is 249 g/mol. The zero-order chi connectivity index (χ0) is 12.2. The van der Waals surface area contributed by atoms with Crippen LogP contribution in [0.2, 0.25) is 0 Å². The number of hydrogen-bond donors (Lipinski definition) is 1. The molecule has 1 saturated carbocycles. The van der Waals surface area contributed by atoms with Crippen molar-refractivity contribution in [3.8, 4) is 0 Å². The number of hydrogen-bond acceptors (Lipinski definition) is 3. The fraction of sp³-hybridized carbons (Fsp3) is 1.00. The molecule has 1 aliphatic carbocycles. The molecule has 1 N–H and O–H groups in total. The molecule has 1 rings (SSSR count). The van der Waals surface area contributed by atoms with Gasteiger partial charge in [0.15, 0.2) is 0 Å². The molecule has 0 aromatic rings. The number of rotatable bonds is 5. The van der Waals surface area contributed by atoms with Gasteiger partial charge in [0.2, 0.25) is 10.0 Å². The molecule has 0 spiro atoms. The topological polar surface area (TPSA) is 57.6 Å². The van der Waals surface area contributed by atoms with Crippen molar-refractivity contribution in [1.29, 1.82) is 0 Å². The summed E-state index contributed by atoms with van der Waals surface area (Å²) in [5.74, 6) is 0.506. The second-order valence-electron chi connectivity index (χ2n) is 4.74. The van der Waals surface area contributed by atoms with Crippen molar-refractivity contribution in [3.63, 3.8) is 0 Å². The maximum Gasteiger partial charge on any atom is 0.214 e. The van der Waals surface area contributed by atoms with Crippen LogP contribution in [-0.2, 0) is 10.0 Å². The first kappa shape index (κ1) is 13.9. The third kappa shape index (κ3) is 3.43. The van der Waals surface area contributed by atoms with E-state index in [-0.39, 0.29) is 18.4 Å². The Morgan fingerprint density at radius 2 is 1.94 bits per heavy atom. The molecular weight excluding hydrogens is 226 g/mol. The summed E-state index contributed by atoms with van der Waals surface area (Å²) < 4.78 is 25.4. The van der Waals surface area contributed by atoms with Crippen LogP contribution in [0.15, 0.2) is 0 Å². The van der Waals surface area contributed by atoms with Gasteiger partial charge in [0.25, 0.3) is 0 Å². The van der Waals surface area contributed by atoms with Gasteiger partial charge < -0.3 is 5.11 Å². The molecule has 0 bridgehead atoms. The van der Waals surface area contributed by atoms with Gasteiger partial charge in [-0.25, -0.2) is 12.7 Å². The Morgan fingerprint density at radius 3 is 2.50 bits per heavy atom. The lowest BCUT2D eigenvalue weighted by atomic mass is 9.86. The highest BCUT2D eigenvalue weighted by Gasteiger charge is 2.31. The summed E-state index contributed by atoms with van der Waals surface area (Å²) in [6.07, 6.45) is 4.74. The van der Waals surface area contributed by atoms with E-state index in [1.165, 1.54) is 10.7 Å². The standard InChI is InChI=1S/C11H23NO3S/c1-10-6-3-4-7-11(10)12(2)16(14,15)9-5-8-13/h10-11,13H,3-9H2,1-2H3. The summed E-state index contributed by atoms with van der Waals surface area (Å²) in [6, 6.07) is 0.150. The normalized spacial score (nSPS) is 27.2. The van der Waals surface area contributed by atoms with Crippen molar-refractivity contribution in [3.05, 3.63) is 0 Å². The van der Waals surface area contributed by atoms with Gasteiger partial charge in [-0.3, -0.25) is 0 Å². The molecule has 0 amide bonds. The molecule has 16 heavy (non-hydrogen) atoms. The predicted molar refractivity (Wildman–Crippen MR) is 64.7 cm³/mol. The quantitative estimate of drug-likeness (QED) is 0.796. The molecule has 0 aromatic carbocycles. The molecule has 1 fully saturated rings. The molecule has 1 aliphatic rings. The van der Waals surface area contributed by atoms with Gasteiger partial charge >= 0.3 is 0 Å². The third-order valence-corrected chi connectivity index (χ3v) is 5.49. The zero-order valence-electron chi connectivity index (χ0n) is 10.2. The van der Waals surface area contributed by atoms with Crippen LogP contribution >= 0.6 is 0 Å². The smallest absolute Gasteiger partial charge is 0.214 e. The lowest BCUT2D eigenvalue weighted by molar-refractivity contribution is 0.212. The van der Waals surface area contributed by atoms with Crippen LogP contribution in [0, 0.1) is 5.92 Å². The third-order valence-electron chi connectivity index (χ3n) is 3.53. The minimum Gasteiger partial charge on any atom is -0.396 e. The van der Waals surface area contributed by atoms with Gasteiger partial charge in [0.05, 0.1) is 5.75 Å². The van der Waals surface area contributed by atoms with E-state index in [1.807, 2.05) is 0 Å². The van der Waals surface area contributed by atoms with Crippen LogP contribution in [0.4, 0.5) is 0 Å². The summed E-state index contributed by atoms with van der Waals surface area (Å²) in [4.78, 5) is 0. The van der Waals surface area contributed by atoms with Crippen LogP contribution in [0.1, 0.15) is 39.0 Å². The van der Waals surface area contributed by atoms with E-state index in [4.69, 9.17) is 5.11 Å². The second-order valence-corrected chi connectivity index (χ2v) is 6.89. The van der Waals surface area contributed by atoms with Gasteiger partial charge in [0, 0.05) is 19.7 Å². The van der Waals surface area contributed by atoms with Gasteiger partial charge in [-0.15, -0.1) is 0 Å². The molecule has 2 unspecified atom stereocenters. The van der Waals surface area contributed by atoms with E-state index in [9.17, 15) is 8.42 Å². The summed E-state index contributed by atoms with van der Waals surface area (Å²) in [5.41, 5.74) is 0. The Morgan fingerprint density at radius 1 is 1.31 bits per heavy atom. The van der Waals surface area contributed by atoms with Gasteiger partial charge in [0.1, 0.15) is 0 Å². The van der Waals surface area contributed by atoms with E-state index >= 15 is 0 Å². The summed E-state index contributed by atoms with van der Waals surface area (Å²) in [5, 5.41) is 8.69. The van der Waals surface area contributed by atoms with E-state index in [0.29, 0.717) is 12.3 Å². The number of sulfonamides is 1. The molecule has 0 heterocycles. The van der Waals surface area contributed by atoms with Crippen LogP contribution in [-0.4, -0.2) is 43.3 Å². The number of aliphatic hydroxyl groups excluding tert-OH is 1. The molecule has 2 atom stereocenters. The maximum atomic E-state index is 11.9. The highest BCUT2D eigenvalue weighted by molar-refractivity contribution is 7.89. The summed E-state index contributed by atoms with van der Waals surface area (Å²) in [7, 11) is -1.50. The summed E-state index contributed by atoms with van der Waals surface area (Å²) >= 11 is 0. The zero-order valence-corrected chi connectivity index (χ0v) is 11.0. The SMILES string of the molecule is CC1CCCCC1N(C)S(=O)(=O)CCCO. The van der Waals surface area contributed by atoms with Crippen molar-refractivity contribution in [2.45, 2.75) is 45.1 Å². The first-order valence-electron chi connectivity index (χ1n) is 6.05. The predicted octanol–water partition coefficient (Wildman–Crippen LogP) is 1.21. The highest BCUT2D eigenvalue weighted by atomic mass is 32.2. The van der Waals surface area contributed by atoms with Crippen LogP contribution in [0.3, 0.4) is 0 Å². The molecular formula is C11H23NO3S. The minimum atomic E-state index is -3.18. The Labute approximate surface area is 98.7 Å². The Kier molecular flexibility index (Phi) is 5.21. The highest BCUT2D eigenvalue weighted by Crippen LogP contribution is 2.28. The van der Waals surface area contributed by atoms with Crippen molar-refractivity contribution in [2.75, 3.05) is 19.4 Å². The Hall–Kier alpha value is -0.130. The molecule has 4 nitrogen and oxygen atoms in total. The van der Waals surface area contributed by atoms with Crippen molar-refractivity contribution >= 4 is 10.0 Å². The number of nitrogens with zero attached hydrogens (tertiary/aromatic N) is 1. The fourth-order valence-electron chi connectivity index (χ4n) is 2.43. The molecule has 0 radical (unpaired) electrons. The first-order chi connectivity index (χ1) is 7.49. The van der Waals surface area contributed by atoms with E-state index in [2.05, 4.69) is 6.92 Å². The molecule has 0 saturated heterocycles. The lowest BCUT2D eigenvalue weighted by Gasteiger charge is -2.35. The fourth-order valence-corrected chi connectivity index (χ4v) is 3.94. The average molecular weight is 249 g/mol. The van der Waals surface area contributed by atoms with Gasteiger partial charge in [-0.05, 0) is 25.2 Å². The van der Waals surface area contributed by atoms with Crippen molar-refractivity contribution in [1.82, 2.24) is 4.31 Å². The molecule has 0 aromatic heterocycles. The van der Waals surface area contributed by atoms with Crippen LogP contribution in [0.25, 0.3) is 0 Å². The van der Waals surface area contributed by atoms with E-state index in [1.54, 1.807) is 7.05 Å². The second kappa shape index (κ2) is 5.98. The maximum absolute atomic E-state index is 11.9. The van der Waals surface area contributed by atoms with Gasteiger partial charge in [-0.2, -0.15) is 0 Å². The lowest BCUT2D eigenvalue weighted by Crippen LogP contribution is -2.43. The van der Waals surface area contributed by atoms with E-state index in [0.717, 1.165) is 19.3 Å². The van der Waals surface area contributed by atoms with Crippen molar-refractivity contribution < 1.29 is 13.5 Å². The Bertz CT molecular complexity index is 302. The first-order valence-corrected chi connectivity index (χ1v) is 7.66. The van der Waals surface area contributed by atoms with Crippen LogP contribution < -0.4 is 0 Å². The molecule has 96 valence electrons. The summed E-state index contributed by atoms with van der Waals surface area (Å²) in [6.45, 7) is 2.06. The molecule has 5 heteroatoms. The van der Waals surface area contributed by atoms with Crippen molar-refractivity contribution in [2.24, 2.45) is 5.92 Å². The minimum absolute atomic E-state index is 0.0587. The largest absolute Gasteiger partial charge is 0.396 e. The van der Waals surface area contributed by atoms with E-state index < -0.39 is 10.0 Å². The number of aliphatic hydroxyl groups is 1. The van der Waals surface area contributed by atoms with Gasteiger partial charge in [-0.1, -0.05) is 19.8 Å².